The van der Waals surface area contributed by atoms with Gasteiger partial charge in [-0.15, -0.1) is 11.2 Å². The number of halogens is 3. The number of alkyl halides is 2. The monoisotopic (exact) mass is 266 g/mol. The first-order chi connectivity index (χ1) is 3.27. The van der Waals surface area contributed by atoms with Gasteiger partial charge in [0.2, 0.25) is 0 Å². The van der Waals surface area contributed by atoms with E-state index in [1.54, 1.807) is 0 Å². The molecule has 0 fully saturated rings. The normalized spacial score (nSPS) is 12.0. The Balaban J connectivity index is 2.68. The molecular formula is C3H6Br2ClP. The third kappa shape index (κ3) is 7.68. The fourth-order valence-electron chi connectivity index (χ4n) is 0.164. The zero-order chi connectivity index (χ0) is 5.70. The Morgan fingerprint density at radius 1 is 1.57 bits per heavy atom. The summed E-state index contributed by atoms with van der Waals surface area (Å²) >= 11 is 12.1. The molecule has 0 bridgehead atoms. The standard InChI is InChI=1S/C3H6Br2ClP/c4-3(5)1-2-7-6/h3,7H,1-2H2. The van der Waals surface area contributed by atoms with Crippen molar-refractivity contribution >= 4 is 51.0 Å². The molecule has 0 radical (unpaired) electrons. The topological polar surface area (TPSA) is 0 Å². The summed E-state index contributed by atoms with van der Waals surface area (Å²) in [6, 6.07) is 0. The maximum Gasteiger partial charge on any atom is 0.0701 e. The SMILES string of the molecule is ClPCCC(Br)Br. The summed E-state index contributed by atoms with van der Waals surface area (Å²) in [6.07, 6.45) is 2.21. The highest BCUT2D eigenvalue weighted by Gasteiger charge is 1.93. The minimum absolute atomic E-state index is 0.450. The summed E-state index contributed by atoms with van der Waals surface area (Å²) in [6.45, 7) is 0. The van der Waals surface area contributed by atoms with Crippen LogP contribution >= 0.6 is 51.0 Å². The number of rotatable bonds is 3. The average molecular weight is 268 g/mol. The van der Waals surface area contributed by atoms with Gasteiger partial charge < -0.3 is 0 Å². The molecule has 0 saturated carbocycles. The molecule has 44 valence electrons. The molecule has 0 nitrogen and oxygen atoms in total. The van der Waals surface area contributed by atoms with Gasteiger partial charge in [0.15, 0.2) is 0 Å². The summed E-state index contributed by atoms with van der Waals surface area (Å²) in [5.41, 5.74) is 0. The minimum atomic E-state index is 0.450. The second kappa shape index (κ2) is 5.81. The Hall–Kier alpha value is 1.68. The van der Waals surface area contributed by atoms with E-state index in [4.69, 9.17) is 11.2 Å². The van der Waals surface area contributed by atoms with Crippen LogP contribution in [0, 0.1) is 0 Å². The van der Waals surface area contributed by atoms with Crippen LogP contribution in [0.15, 0.2) is 0 Å². The van der Waals surface area contributed by atoms with E-state index in [1.807, 2.05) is 0 Å². The lowest BCUT2D eigenvalue weighted by atomic mass is 10.6. The Labute approximate surface area is 67.2 Å². The lowest BCUT2D eigenvalue weighted by Gasteiger charge is -1.94. The minimum Gasteiger partial charge on any atom is -0.100 e. The summed E-state index contributed by atoms with van der Waals surface area (Å²) in [7, 11) is 0.563. The summed E-state index contributed by atoms with van der Waals surface area (Å²) in [4.78, 5) is 0. The molecule has 0 N–H and O–H groups in total. The first kappa shape index (κ1) is 8.68. The van der Waals surface area contributed by atoms with E-state index in [0.29, 0.717) is 11.7 Å². The van der Waals surface area contributed by atoms with Gasteiger partial charge in [0, 0.05) is 0 Å². The van der Waals surface area contributed by atoms with E-state index in [-0.39, 0.29) is 0 Å². The number of hydrogen-bond donors (Lipinski definition) is 0. The second-order valence-corrected chi connectivity index (χ2v) is 6.07. The summed E-state index contributed by atoms with van der Waals surface area (Å²) in [5.74, 6) is 0. The first-order valence-electron chi connectivity index (χ1n) is 1.89. The Morgan fingerprint density at radius 2 is 2.14 bits per heavy atom. The second-order valence-electron chi connectivity index (χ2n) is 1.06. The highest BCUT2D eigenvalue weighted by molar-refractivity contribution is 9.24. The predicted octanol–water partition coefficient (Wildman–Crippen LogP) is 3.32. The van der Waals surface area contributed by atoms with Crippen LogP contribution in [0.25, 0.3) is 0 Å². The van der Waals surface area contributed by atoms with Gasteiger partial charge in [-0.3, -0.25) is 0 Å². The fourth-order valence-corrected chi connectivity index (χ4v) is 2.19. The van der Waals surface area contributed by atoms with Crippen molar-refractivity contribution < 1.29 is 0 Å². The summed E-state index contributed by atoms with van der Waals surface area (Å²) in [5, 5.41) is 0. The van der Waals surface area contributed by atoms with Gasteiger partial charge in [-0.05, 0) is 20.5 Å². The van der Waals surface area contributed by atoms with Crippen LogP contribution in [0.3, 0.4) is 0 Å². The van der Waals surface area contributed by atoms with Gasteiger partial charge in [-0.1, -0.05) is 31.9 Å². The third-order valence-electron chi connectivity index (χ3n) is 0.457. The largest absolute Gasteiger partial charge is 0.100 e. The van der Waals surface area contributed by atoms with Crippen molar-refractivity contribution in [1.29, 1.82) is 0 Å². The van der Waals surface area contributed by atoms with Crippen LogP contribution in [0.5, 0.6) is 0 Å². The van der Waals surface area contributed by atoms with E-state index in [9.17, 15) is 0 Å². The molecule has 0 aromatic rings. The van der Waals surface area contributed by atoms with Gasteiger partial charge in [0.05, 0.1) is 3.74 Å². The van der Waals surface area contributed by atoms with Crippen LogP contribution in [0.1, 0.15) is 6.42 Å². The molecule has 0 aromatic heterocycles. The molecule has 0 spiro atoms. The third-order valence-corrected chi connectivity index (χ3v) is 2.42. The average Bonchev–Trinajstić information content (AvgIpc) is 1.61. The van der Waals surface area contributed by atoms with Crippen LogP contribution in [0.4, 0.5) is 0 Å². The fraction of sp³-hybridized carbons (Fsp3) is 1.00. The van der Waals surface area contributed by atoms with Crippen molar-refractivity contribution in [2.75, 3.05) is 6.16 Å². The van der Waals surface area contributed by atoms with Gasteiger partial charge in [0.1, 0.15) is 0 Å². The molecule has 7 heavy (non-hydrogen) atoms. The van der Waals surface area contributed by atoms with Gasteiger partial charge in [0.25, 0.3) is 0 Å². The lowest BCUT2D eigenvalue weighted by molar-refractivity contribution is 1.10. The van der Waals surface area contributed by atoms with Crippen molar-refractivity contribution in [3.05, 3.63) is 0 Å². The van der Waals surface area contributed by atoms with Gasteiger partial charge >= 0.3 is 0 Å². The highest BCUT2D eigenvalue weighted by atomic mass is 79.9. The van der Waals surface area contributed by atoms with Crippen molar-refractivity contribution in [3.8, 4) is 0 Å². The molecule has 0 amide bonds. The zero-order valence-electron chi connectivity index (χ0n) is 3.63. The lowest BCUT2D eigenvalue weighted by Crippen LogP contribution is -1.83. The van der Waals surface area contributed by atoms with Crippen molar-refractivity contribution in [1.82, 2.24) is 0 Å². The van der Waals surface area contributed by atoms with Crippen LogP contribution < -0.4 is 0 Å². The maximum atomic E-state index is 5.43. The molecule has 0 aliphatic rings. The van der Waals surface area contributed by atoms with Crippen molar-refractivity contribution in [2.45, 2.75) is 10.2 Å². The molecule has 0 aliphatic carbocycles. The molecule has 0 heterocycles. The van der Waals surface area contributed by atoms with Crippen LogP contribution in [-0.2, 0) is 0 Å². The predicted molar refractivity (Wildman–Crippen MR) is 45.3 cm³/mol. The van der Waals surface area contributed by atoms with Crippen molar-refractivity contribution in [2.24, 2.45) is 0 Å². The van der Waals surface area contributed by atoms with E-state index >= 15 is 0 Å². The molecule has 1 atom stereocenters. The van der Waals surface area contributed by atoms with Gasteiger partial charge in [-0.25, -0.2) is 0 Å². The molecule has 0 aliphatic heterocycles. The maximum absolute atomic E-state index is 5.43. The first-order valence-corrected chi connectivity index (χ1v) is 5.94. The highest BCUT2D eigenvalue weighted by Crippen LogP contribution is 2.22. The zero-order valence-corrected chi connectivity index (χ0v) is 8.55. The molecule has 0 aromatic carbocycles. The molecule has 0 saturated heterocycles. The molecule has 1 unspecified atom stereocenters. The molecular weight excluding hydrogens is 262 g/mol. The Kier molecular flexibility index (Phi) is 7.20. The molecule has 4 heteroatoms. The van der Waals surface area contributed by atoms with E-state index in [2.05, 4.69) is 31.9 Å². The number of hydrogen-bond acceptors (Lipinski definition) is 0. The molecule has 0 rings (SSSR count). The van der Waals surface area contributed by atoms with E-state index in [1.165, 1.54) is 0 Å². The Bertz CT molecular complexity index is 41.9. The van der Waals surface area contributed by atoms with Crippen LogP contribution in [-0.4, -0.2) is 9.90 Å². The quantitative estimate of drug-likeness (QED) is 0.544. The van der Waals surface area contributed by atoms with E-state index < -0.39 is 0 Å². The summed E-state index contributed by atoms with van der Waals surface area (Å²) < 4.78 is 0.450. The van der Waals surface area contributed by atoms with Crippen LogP contribution in [0.2, 0.25) is 0 Å². The van der Waals surface area contributed by atoms with Crippen molar-refractivity contribution in [3.63, 3.8) is 0 Å². The Morgan fingerprint density at radius 3 is 2.29 bits per heavy atom. The smallest absolute Gasteiger partial charge is 0.0701 e. The van der Waals surface area contributed by atoms with E-state index in [0.717, 1.165) is 12.6 Å². The van der Waals surface area contributed by atoms with Gasteiger partial charge in [-0.2, -0.15) is 0 Å².